The molecule has 1 saturated carbocycles. The van der Waals surface area contributed by atoms with Crippen LogP contribution in [0.2, 0.25) is 5.02 Å². The number of amides is 1. The van der Waals surface area contributed by atoms with E-state index in [4.69, 9.17) is 11.6 Å². The number of aliphatic carboxylic acids is 1. The Morgan fingerprint density at radius 2 is 1.95 bits per heavy atom. The molecule has 1 aromatic rings. The van der Waals surface area contributed by atoms with Gasteiger partial charge in [-0.3, -0.25) is 9.59 Å². The van der Waals surface area contributed by atoms with E-state index < -0.39 is 11.9 Å². The Hall–Kier alpha value is -1.55. The second kappa shape index (κ2) is 6.94. The van der Waals surface area contributed by atoms with Crippen molar-refractivity contribution in [2.45, 2.75) is 45.1 Å². The smallest absolute Gasteiger partial charge is 0.308 e. The van der Waals surface area contributed by atoms with E-state index in [-0.39, 0.29) is 11.9 Å². The molecule has 0 aromatic heterocycles. The first-order valence-electron chi connectivity index (χ1n) is 7.29. The largest absolute Gasteiger partial charge is 0.481 e. The summed E-state index contributed by atoms with van der Waals surface area (Å²) >= 11 is 5.93. The summed E-state index contributed by atoms with van der Waals surface area (Å²) < 4.78 is 0. The van der Waals surface area contributed by atoms with Crippen LogP contribution in [0.1, 0.15) is 48.0 Å². The van der Waals surface area contributed by atoms with Crippen molar-refractivity contribution in [2.24, 2.45) is 5.92 Å². The number of carboxylic acids is 1. The Morgan fingerprint density at radius 3 is 2.67 bits per heavy atom. The van der Waals surface area contributed by atoms with Gasteiger partial charge in [0, 0.05) is 16.6 Å². The van der Waals surface area contributed by atoms with Crippen LogP contribution < -0.4 is 5.32 Å². The van der Waals surface area contributed by atoms with E-state index in [1.165, 1.54) is 0 Å². The van der Waals surface area contributed by atoms with E-state index in [1.807, 2.05) is 6.92 Å². The van der Waals surface area contributed by atoms with Crippen molar-refractivity contribution in [3.63, 3.8) is 0 Å². The van der Waals surface area contributed by atoms with Crippen molar-refractivity contribution in [1.29, 1.82) is 0 Å². The van der Waals surface area contributed by atoms with Crippen molar-refractivity contribution in [3.8, 4) is 0 Å². The van der Waals surface area contributed by atoms with Crippen LogP contribution in [0.25, 0.3) is 0 Å². The molecule has 4 nitrogen and oxygen atoms in total. The highest BCUT2D eigenvalue weighted by molar-refractivity contribution is 6.31. The second-order valence-electron chi connectivity index (χ2n) is 5.62. The molecule has 2 rings (SSSR count). The number of benzene rings is 1. The van der Waals surface area contributed by atoms with Crippen LogP contribution in [0.5, 0.6) is 0 Å². The van der Waals surface area contributed by atoms with E-state index in [0.717, 1.165) is 24.8 Å². The van der Waals surface area contributed by atoms with Crippen LogP contribution in [0.15, 0.2) is 18.2 Å². The number of carboxylic acid groups (broad SMARTS) is 1. The lowest BCUT2D eigenvalue weighted by Gasteiger charge is -2.23. The number of nitrogens with one attached hydrogen (secondary N) is 1. The number of halogens is 1. The maximum Gasteiger partial charge on any atom is 0.308 e. The number of carbonyl (C=O) groups is 2. The molecular weight excluding hydrogens is 290 g/mol. The average molecular weight is 310 g/mol. The molecule has 0 saturated heterocycles. The van der Waals surface area contributed by atoms with E-state index in [1.54, 1.807) is 18.2 Å². The topological polar surface area (TPSA) is 66.4 Å². The lowest BCUT2D eigenvalue weighted by molar-refractivity contribution is -0.142. The molecule has 1 aliphatic carbocycles. The van der Waals surface area contributed by atoms with Crippen LogP contribution >= 0.6 is 11.6 Å². The summed E-state index contributed by atoms with van der Waals surface area (Å²) in [6, 6.07) is 4.84. The molecule has 114 valence electrons. The Labute approximate surface area is 129 Å². The first kappa shape index (κ1) is 15.8. The van der Waals surface area contributed by atoms with Gasteiger partial charge in [-0.1, -0.05) is 36.9 Å². The number of rotatable bonds is 3. The summed E-state index contributed by atoms with van der Waals surface area (Å²) in [5.41, 5.74) is 1.34. The fourth-order valence-corrected chi connectivity index (χ4v) is 3.03. The van der Waals surface area contributed by atoms with Gasteiger partial charge in [0.25, 0.3) is 5.91 Å². The number of aryl methyl sites for hydroxylation is 1. The SMILES string of the molecule is Cc1ccc(Cl)cc1C(=O)N[C@H]1CCCCC[C@H]1C(=O)O. The minimum absolute atomic E-state index is 0.242. The lowest BCUT2D eigenvalue weighted by atomic mass is 9.94. The Balaban J connectivity index is 2.16. The van der Waals surface area contributed by atoms with E-state index in [2.05, 4.69) is 5.32 Å². The predicted molar refractivity (Wildman–Crippen MR) is 81.7 cm³/mol. The van der Waals surface area contributed by atoms with Gasteiger partial charge in [-0.05, 0) is 37.5 Å². The molecule has 1 fully saturated rings. The molecule has 0 aliphatic heterocycles. The maximum absolute atomic E-state index is 12.4. The van der Waals surface area contributed by atoms with E-state index >= 15 is 0 Å². The molecule has 2 atom stereocenters. The van der Waals surface area contributed by atoms with Gasteiger partial charge in [-0.25, -0.2) is 0 Å². The highest BCUT2D eigenvalue weighted by atomic mass is 35.5. The summed E-state index contributed by atoms with van der Waals surface area (Å²) in [4.78, 5) is 23.8. The predicted octanol–water partition coefficient (Wildman–Crippen LogP) is 3.41. The molecule has 0 radical (unpaired) electrons. The van der Waals surface area contributed by atoms with Crippen molar-refractivity contribution in [1.82, 2.24) is 5.32 Å². The van der Waals surface area contributed by atoms with Crippen LogP contribution in [0.4, 0.5) is 0 Å². The summed E-state index contributed by atoms with van der Waals surface area (Å²) in [6.07, 6.45) is 4.20. The monoisotopic (exact) mass is 309 g/mol. The highest BCUT2D eigenvalue weighted by Gasteiger charge is 2.31. The third-order valence-electron chi connectivity index (χ3n) is 4.09. The zero-order valence-corrected chi connectivity index (χ0v) is 12.8. The summed E-state index contributed by atoms with van der Waals surface area (Å²) in [5, 5.41) is 12.7. The van der Waals surface area contributed by atoms with Crippen LogP contribution in [0, 0.1) is 12.8 Å². The summed E-state index contributed by atoms with van der Waals surface area (Å²) in [7, 11) is 0. The third-order valence-corrected chi connectivity index (χ3v) is 4.33. The van der Waals surface area contributed by atoms with Gasteiger partial charge >= 0.3 is 5.97 Å². The fourth-order valence-electron chi connectivity index (χ4n) is 2.86. The average Bonchev–Trinajstić information content (AvgIpc) is 2.67. The Morgan fingerprint density at radius 1 is 1.24 bits per heavy atom. The molecule has 0 bridgehead atoms. The molecule has 2 N–H and O–H groups in total. The molecule has 1 amide bonds. The zero-order valence-electron chi connectivity index (χ0n) is 12.1. The zero-order chi connectivity index (χ0) is 15.4. The van der Waals surface area contributed by atoms with Crippen LogP contribution in [-0.2, 0) is 4.79 Å². The number of hydrogen-bond acceptors (Lipinski definition) is 2. The molecule has 1 aromatic carbocycles. The molecule has 0 heterocycles. The first-order valence-corrected chi connectivity index (χ1v) is 7.66. The van der Waals surface area contributed by atoms with Crippen molar-refractivity contribution in [2.75, 3.05) is 0 Å². The van der Waals surface area contributed by atoms with Gasteiger partial charge in [0.15, 0.2) is 0 Å². The lowest BCUT2D eigenvalue weighted by Crippen LogP contribution is -2.43. The normalized spacial score (nSPS) is 22.4. The summed E-state index contributed by atoms with van der Waals surface area (Å²) in [6.45, 7) is 1.84. The van der Waals surface area contributed by atoms with Gasteiger partial charge in [0.2, 0.25) is 0 Å². The van der Waals surface area contributed by atoms with Gasteiger partial charge in [0.1, 0.15) is 0 Å². The molecular formula is C16H20ClNO3. The van der Waals surface area contributed by atoms with Crippen LogP contribution in [-0.4, -0.2) is 23.0 Å². The van der Waals surface area contributed by atoms with Crippen LogP contribution in [0.3, 0.4) is 0 Å². The van der Waals surface area contributed by atoms with Crippen molar-refractivity contribution in [3.05, 3.63) is 34.3 Å². The van der Waals surface area contributed by atoms with Gasteiger partial charge in [0.05, 0.1) is 5.92 Å². The van der Waals surface area contributed by atoms with Gasteiger partial charge < -0.3 is 10.4 Å². The van der Waals surface area contributed by atoms with E-state index in [9.17, 15) is 14.7 Å². The molecule has 5 heteroatoms. The first-order chi connectivity index (χ1) is 9.99. The number of carbonyl (C=O) groups excluding carboxylic acids is 1. The molecule has 0 spiro atoms. The molecule has 1 aliphatic rings. The van der Waals surface area contributed by atoms with Crippen molar-refractivity contribution < 1.29 is 14.7 Å². The minimum atomic E-state index is -0.829. The summed E-state index contributed by atoms with van der Waals surface area (Å²) in [5.74, 6) is -1.57. The fraction of sp³-hybridized carbons (Fsp3) is 0.500. The quantitative estimate of drug-likeness (QED) is 0.841. The second-order valence-corrected chi connectivity index (χ2v) is 6.06. The van der Waals surface area contributed by atoms with Gasteiger partial charge in [-0.15, -0.1) is 0 Å². The molecule has 21 heavy (non-hydrogen) atoms. The number of hydrogen-bond donors (Lipinski definition) is 2. The standard InChI is InChI=1S/C16H20ClNO3/c1-10-7-8-11(17)9-13(10)15(19)18-14-6-4-2-3-5-12(14)16(20)21/h7-9,12,14H,2-6H2,1H3,(H,18,19)(H,20,21)/t12-,14+/m1/s1. The third kappa shape index (κ3) is 3.97. The maximum atomic E-state index is 12.4. The van der Waals surface area contributed by atoms with Gasteiger partial charge in [-0.2, -0.15) is 0 Å². The Kier molecular flexibility index (Phi) is 5.23. The van der Waals surface area contributed by atoms with Crippen molar-refractivity contribution >= 4 is 23.5 Å². The minimum Gasteiger partial charge on any atom is -0.481 e. The Bertz CT molecular complexity index is 544. The molecule has 0 unspecified atom stereocenters. The van der Waals surface area contributed by atoms with E-state index in [0.29, 0.717) is 23.4 Å². The highest BCUT2D eigenvalue weighted by Crippen LogP contribution is 2.24.